The molecule has 0 unspecified atom stereocenters. The van der Waals surface area contributed by atoms with Gasteiger partial charge in [-0.05, 0) is 59.9 Å². The summed E-state index contributed by atoms with van der Waals surface area (Å²) in [7, 11) is -3.62. The summed E-state index contributed by atoms with van der Waals surface area (Å²) in [6.07, 6.45) is 1.65. The Morgan fingerprint density at radius 2 is 1.55 bits per heavy atom. The maximum absolute atomic E-state index is 13.9. The topological polar surface area (TPSA) is 86.8 Å². The summed E-state index contributed by atoms with van der Waals surface area (Å²) < 4.78 is 26.4. The second-order valence-electron chi connectivity index (χ2n) is 10.5. The van der Waals surface area contributed by atoms with E-state index in [1.54, 1.807) is 42.5 Å². The van der Waals surface area contributed by atoms with Crippen LogP contribution >= 0.6 is 34.8 Å². The van der Waals surface area contributed by atoms with Gasteiger partial charge in [-0.15, -0.1) is 0 Å². The summed E-state index contributed by atoms with van der Waals surface area (Å²) >= 11 is 18.6. The van der Waals surface area contributed by atoms with Crippen LogP contribution in [0.2, 0.25) is 15.1 Å². The van der Waals surface area contributed by atoms with Gasteiger partial charge in [0.25, 0.3) is 0 Å². The lowest BCUT2D eigenvalue weighted by Crippen LogP contribution is -2.51. The van der Waals surface area contributed by atoms with E-state index in [4.69, 9.17) is 34.8 Å². The van der Waals surface area contributed by atoms with Crippen molar-refractivity contribution in [1.82, 2.24) is 10.2 Å². The third kappa shape index (κ3) is 10.2. The van der Waals surface area contributed by atoms with E-state index in [0.717, 1.165) is 11.8 Å². The maximum atomic E-state index is 13.9. The molecular formula is C31H36Cl3N3O4S. The highest BCUT2D eigenvalue weighted by Crippen LogP contribution is 2.25. The lowest BCUT2D eigenvalue weighted by atomic mass is 10.0. The molecular weight excluding hydrogens is 617 g/mol. The van der Waals surface area contributed by atoms with Gasteiger partial charge in [-0.3, -0.25) is 13.9 Å². The highest BCUT2D eigenvalue weighted by molar-refractivity contribution is 7.92. The molecule has 0 aromatic heterocycles. The minimum Gasteiger partial charge on any atom is -0.354 e. The van der Waals surface area contributed by atoms with Gasteiger partial charge in [-0.25, -0.2) is 8.42 Å². The summed E-state index contributed by atoms with van der Waals surface area (Å²) in [6.45, 7) is 4.60. The number of halogens is 3. The third-order valence-corrected chi connectivity index (χ3v) is 8.61. The van der Waals surface area contributed by atoms with Crippen molar-refractivity contribution in [1.29, 1.82) is 0 Å². The van der Waals surface area contributed by atoms with Crippen LogP contribution in [0.3, 0.4) is 0 Å². The van der Waals surface area contributed by atoms with E-state index in [1.807, 2.05) is 44.2 Å². The van der Waals surface area contributed by atoms with E-state index >= 15 is 0 Å². The Balaban J connectivity index is 1.90. The van der Waals surface area contributed by atoms with Crippen molar-refractivity contribution >= 4 is 62.3 Å². The van der Waals surface area contributed by atoms with E-state index in [0.29, 0.717) is 39.3 Å². The molecule has 226 valence electrons. The number of hydrogen-bond acceptors (Lipinski definition) is 4. The monoisotopic (exact) mass is 651 g/mol. The van der Waals surface area contributed by atoms with Gasteiger partial charge in [0.05, 0.1) is 11.9 Å². The summed E-state index contributed by atoms with van der Waals surface area (Å²) in [4.78, 5) is 29.0. The van der Waals surface area contributed by atoms with Crippen LogP contribution in [0.1, 0.15) is 37.8 Å². The Bertz CT molecular complexity index is 1450. The van der Waals surface area contributed by atoms with Gasteiger partial charge in [0.2, 0.25) is 21.8 Å². The molecule has 3 aromatic carbocycles. The largest absolute Gasteiger partial charge is 0.354 e. The minimum atomic E-state index is -3.62. The van der Waals surface area contributed by atoms with Crippen molar-refractivity contribution in [2.45, 2.75) is 45.7 Å². The predicted molar refractivity (Wildman–Crippen MR) is 172 cm³/mol. The first-order valence-corrected chi connectivity index (χ1v) is 16.6. The van der Waals surface area contributed by atoms with Gasteiger partial charge in [-0.2, -0.15) is 0 Å². The predicted octanol–water partition coefficient (Wildman–Crippen LogP) is 6.61. The van der Waals surface area contributed by atoms with Crippen LogP contribution in [0.5, 0.6) is 0 Å². The Morgan fingerprint density at radius 1 is 0.905 bits per heavy atom. The van der Waals surface area contributed by atoms with E-state index in [-0.39, 0.29) is 43.7 Å². The second-order valence-corrected chi connectivity index (χ2v) is 13.7. The molecule has 3 rings (SSSR count). The molecule has 0 aliphatic carbocycles. The number of carbonyl (C=O) groups is 2. The standard InChI is InChI=1S/C31H36Cl3N3O4S/c1-22(2)20-35-31(39)29(18-23-8-5-4-6-9-23)36(21-24-11-12-26(33)19-28(24)34)30(38)10-7-17-37(42(3,40)41)27-15-13-25(32)14-16-27/h4-6,8-9,11-16,19,22,29H,7,10,17-18,20-21H2,1-3H3,(H,35,39)/t29-/m0/s1. The zero-order valence-corrected chi connectivity index (χ0v) is 27.0. The maximum Gasteiger partial charge on any atom is 0.243 e. The molecule has 1 atom stereocenters. The number of nitrogens with one attached hydrogen (secondary N) is 1. The molecule has 0 bridgehead atoms. The number of hydrogen-bond donors (Lipinski definition) is 1. The molecule has 0 saturated carbocycles. The van der Waals surface area contributed by atoms with E-state index in [2.05, 4.69) is 5.32 Å². The molecule has 0 aliphatic rings. The molecule has 1 N–H and O–H groups in total. The van der Waals surface area contributed by atoms with Gasteiger partial charge in [-0.1, -0.05) is 85.0 Å². The number of benzene rings is 3. The number of rotatable bonds is 14. The Kier molecular flexibility index (Phi) is 12.5. The second kappa shape index (κ2) is 15.6. The van der Waals surface area contributed by atoms with Crippen molar-refractivity contribution in [3.8, 4) is 0 Å². The average Bonchev–Trinajstić information content (AvgIpc) is 2.93. The van der Waals surface area contributed by atoms with Crippen molar-refractivity contribution < 1.29 is 18.0 Å². The van der Waals surface area contributed by atoms with Crippen molar-refractivity contribution in [3.05, 3.63) is 99.0 Å². The third-order valence-electron chi connectivity index (χ3n) is 6.58. The molecule has 2 amide bonds. The Labute approximate surface area is 263 Å². The molecule has 0 radical (unpaired) electrons. The smallest absolute Gasteiger partial charge is 0.243 e. The van der Waals surface area contributed by atoms with Crippen molar-refractivity contribution in [3.63, 3.8) is 0 Å². The van der Waals surface area contributed by atoms with Gasteiger partial charge in [0.1, 0.15) is 6.04 Å². The van der Waals surface area contributed by atoms with Gasteiger partial charge >= 0.3 is 0 Å². The van der Waals surface area contributed by atoms with Crippen molar-refractivity contribution in [2.24, 2.45) is 5.92 Å². The Hall–Kier alpha value is -2.78. The fraction of sp³-hybridized carbons (Fsp3) is 0.355. The first-order chi connectivity index (χ1) is 19.8. The van der Waals surface area contributed by atoms with Crippen LogP contribution in [0.25, 0.3) is 0 Å². The zero-order chi connectivity index (χ0) is 30.9. The molecule has 0 heterocycles. The molecule has 42 heavy (non-hydrogen) atoms. The van der Waals surface area contributed by atoms with Crippen LogP contribution in [0.4, 0.5) is 5.69 Å². The van der Waals surface area contributed by atoms with Gasteiger partial charge < -0.3 is 10.2 Å². The molecule has 0 fully saturated rings. The summed E-state index contributed by atoms with van der Waals surface area (Å²) in [6, 6.07) is 20.2. The lowest BCUT2D eigenvalue weighted by molar-refractivity contribution is -0.141. The average molecular weight is 653 g/mol. The van der Waals surface area contributed by atoms with E-state index < -0.39 is 16.1 Å². The zero-order valence-electron chi connectivity index (χ0n) is 23.9. The molecule has 0 aliphatic heterocycles. The highest BCUT2D eigenvalue weighted by Gasteiger charge is 2.31. The first kappa shape index (κ1) is 33.7. The van der Waals surface area contributed by atoms with Gasteiger partial charge in [0, 0.05) is 47.5 Å². The van der Waals surface area contributed by atoms with Crippen LogP contribution in [0.15, 0.2) is 72.8 Å². The number of carbonyl (C=O) groups excluding carboxylic acids is 2. The van der Waals surface area contributed by atoms with E-state index in [1.165, 1.54) is 9.21 Å². The fourth-order valence-electron chi connectivity index (χ4n) is 4.42. The lowest BCUT2D eigenvalue weighted by Gasteiger charge is -2.32. The number of sulfonamides is 1. The SMILES string of the molecule is CC(C)CNC(=O)[C@H](Cc1ccccc1)N(Cc1ccc(Cl)cc1Cl)C(=O)CCCN(c1ccc(Cl)cc1)S(C)(=O)=O. The van der Waals surface area contributed by atoms with Crippen molar-refractivity contribution in [2.75, 3.05) is 23.7 Å². The molecule has 3 aromatic rings. The van der Waals surface area contributed by atoms with Crippen LogP contribution in [0, 0.1) is 5.92 Å². The van der Waals surface area contributed by atoms with Crippen LogP contribution < -0.4 is 9.62 Å². The summed E-state index contributed by atoms with van der Waals surface area (Å²) in [5.41, 5.74) is 1.99. The molecule has 7 nitrogen and oxygen atoms in total. The molecule has 11 heteroatoms. The normalized spacial score (nSPS) is 12.2. The number of amides is 2. The van der Waals surface area contributed by atoms with E-state index in [9.17, 15) is 18.0 Å². The number of anilines is 1. The summed E-state index contributed by atoms with van der Waals surface area (Å²) in [5.74, 6) is -0.354. The summed E-state index contributed by atoms with van der Waals surface area (Å²) in [5, 5.41) is 4.31. The quantitative estimate of drug-likeness (QED) is 0.213. The number of nitrogens with zero attached hydrogens (tertiary/aromatic N) is 2. The Morgan fingerprint density at radius 3 is 2.14 bits per heavy atom. The first-order valence-electron chi connectivity index (χ1n) is 13.6. The van der Waals surface area contributed by atoms with Gasteiger partial charge in [0.15, 0.2) is 0 Å². The fourth-order valence-corrected chi connectivity index (χ4v) is 5.98. The molecule has 0 spiro atoms. The highest BCUT2D eigenvalue weighted by atomic mass is 35.5. The van der Waals surface area contributed by atoms with Crippen LogP contribution in [-0.2, 0) is 32.6 Å². The molecule has 0 saturated heterocycles. The minimum absolute atomic E-state index is 0.00751. The van der Waals surface area contributed by atoms with Crippen LogP contribution in [-0.4, -0.2) is 50.5 Å².